The van der Waals surface area contributed by atoms with E-state index in [0.29, 0.717) is 6.42 Å². The predicted octanol–water partition coefficient (Wildman–Crippen LogP) is 7.12. The van der Waals surface area contributed by atoms with Crippen LogP contribution in [-0.4, -0.2) is 29.0 Å². The molecular weight excluding hydrogens is 434 g/mol. The highest BCUT2D eigenvalue weighted by Crippen LogP contribution is 2.22. The molecule has 0 saturated heterocycles. The molecule has 0 aliphatic carbocycles. The minimum atomic E-state index is -1.11. The fourth-order valence-corrected chi connectivity index (χ4v) is 5.00. The van der Waals surface area contributed by atoms with E-state index in [0.717, 1.165) is 12.3 Å². The Kier molecular flexibility index (Phi) is 18.7. The third kappa shape index (κ3) is 14.6. The molecule has 0 bridgehead atoms. The lowest BCUT2D eigenvalue weighted by Gasteiger charge is -2.35. The summed E-state index contributed by atoms with van der Waals surface area (Å²) in [6.45, 7) is 3.93. The van der Waals surface area contributed by atoms with Crippen molar-refractivity contribution in [3.05, 3.63) is 24.6 Å². The SMILES string of the molecule is CCCCCCCCCCCCCCCCCCCC/C=C/CC1=NC=C[N+]1(CC(=O)[O-])C(C)N. The quantitative estimate of drug-likeness (QED) is 0.0890. The van der Waals surface area contributed by atoms with E-state index in [4.69, 9.17) is 5.73 Å². The molecule has 35 heavy (non-hydrogen) atoms. The van der Waals surface area contributed by atoms with Gasteiger partial charge >= 0.3 is 0 Å². The molecule has 0 saturated carbocycles. The first-order valence-electron chi connectivity index (χ1n) is 14.8. The zero-order valence-electron chi connectivity index (χ0n) is 23.0. The lowest BCUT2D eigenvalue weighted by atomic mass is 10.0. The molecule has 202 valence electrons. The zero-order chi connectivity index (χ0) is 25.6. The normalized spacial score (nSPS) is 18.4. The maximum Gasteiger partial charge on any atom is 0.213 e. The van der Waals surface area contributed by atoms with Gasteiger partial charge in [0.05, 0.1) is 18.6 Å². The number of aliphatic carboxylic acids is 1. The second-order valence-electron chi connectivity index (χ2n) is 10.5. The van der Waals surface area contributed by atoms with Crippen LogP contribution in [0.25, 0.3) is 0 Å². The monoisotopic (exact) mass is 489 g/mol. The van der Waals surface area contributed by atoms with E-state index >= 15 is 0 Å². The molecule has 1 aliphatic heterocycles. The molecule has 0 aromatic heterocycles. The van der Waals surface area contributed by atoms with Gasteiger partial charge in [-0.2, -0.15) is 0 Å². The number of amidine groups is 1. The molecule has 0 amide bonds. The number of carbonyl (C=O) groups excluding carboxylic acids is 1. The molecule has 1 rings (SSSR count). The van der Waals surface area contributed by atoms with Gasteiger partial charge in [-0.25, -0.2) is 9.48 Å². The smallest absolute Gasteiger partial charge is 0.213 e. The second-order valence-corrected chi connectivity index (χ2v) is 10.5. The molecule has 0 aromatic rings. The number of carboxylic acids is 1. The summed E-state index contributed by atoms with van der Waals surface area (Å²) >= 11 is 0. The Balaban J connectivity index is 1.91. The molecule has 1 heterocycles. The van der Waals surface area contributed by atoms with E-state index < -0.39 is 5.97 Å². The molecular formula is C30H55N3O2. The number of rotatable bonds is 24. The minimum Gasteiger partial charge on any atom is -0.544 e. The maximum absolute atomic E-state index is 11.2. The van der Waals surface area contributed by atoms with Crippen LogP contribution in [0.15, 0.2) is 29.5 Å². The Morgan fingerprint density at radius 2 is 1.31 bits per heavy atom. The zero-order valence-corrected chi connectivity index (χ0v) is 23.0. The number of aliphatic imine (C=N–C) groups is 1. The highest BCUT2D eigenvalue weighted by molar-refractivity contribution is 5.82. The summed E-state index contributed by atoms with van der Waals surface area (Å²) in [5.74, 6) is -0.331. The van der Waals surface area contributed by atoms with E-state index in [1.807, 2.05) is 6.92 Å². The minimum absolute atomic E-state index is 0.0614. The highest BCUT2D eigenvalue weighted by Gasteiger charge is 2.38. The Morgan fingerprint density at radius 3 is 1.74 bits per heavy atom. The third-order valence-corrected chi connectivity index (χ3v) is 7.35. The Bertz CT molecular complexity index is 627. The maximum atomic E-state index is 11.2. The van der Waals surface area contributed by atoms with Crippen LogP contribution >= 0.6 is 0 Å². The van der Waals surface area contributed by atoms with Crippen molar-refractivity contribution < 1.29 is 14.4 Å². The van der Waals surface area contributed by atoms with Gasteiger partial charge in [-0.05, 0) is 12.8 Å². The lowest BCUT2D eigenvalue weighted by Crippen LogP contribution is -2.60. The van der Waals surface area contributed by atoms with Crippen molar-refractivity contribution in [1.82, 2.24) is 0 Å². The van der Waals surface area contributed by atoms with Gasteiger partial charge in [0.2, 0.25) is 5.84 Å². The van der Waals surface area contributed by atoms with Gasteiger partial charge < -0.3 is 9.90 Å². The van der Waals surface area contributed by atoms with E-state index in [-0.39, 0.29) is 17.2 Å². The van der Waals surface area contributed by atoms with Gasteiger partial charge in [0.25, 0.3) is 0 Å². The van der Waals surface area contributed by atoms with E-state index in [1.54, 1.807) is 12.4 Å². The van der Waals surface area contributed by atoms with Gasteiger partial charge in [-0.15, -0.1) is 0 Å². The Morgan fingerprint density at radius 1 is 0.857 bits per heavy atom. The van der Waals surface area contributed by atoms with Crippen LogP contribution in [0.1, 0.15) is 142 Å². The van der Waals surface area contributed by atoms with Crippen LogP contribution in [0.2, 0.25) is 0 Å². The average molecular weight is 490 g/mol. The summed E-state index contributed by atoms with van der Waals surface area (Å²) < 4.78 is 0.0614. The van der Waals surface area contributed by atoms with Crippen molar-refractivity contribution in [1.29, 1.82) is 0 Å². The fourth-order valence-electron chi connectivity index (χ4n) is 5.00. The first kappa shape index (κ1) is 31.6. The topological polar surface area (TPSA) is 78.5 Å². The van der Waals surface area contributed by atoms with Crippen LogP contribution < -0.4 is 10.8 Å². The van der Waals surface area contributed by atoms with Crippen molar-refractivity contribution in [2.24, 2.45) is 10.7 Å². The summed E-state index contributed by atoms with van der Waals surface area (Å²) in [6, 6.07) is 0. The number of carboxylic acid groups (broad SMARTS) is 1. The average Bonchev–Trinajstić information content (AvgIpc) is 3.23. The van der Waals surface area contributed by atoms with E-state index in [9.17, 15) is 9.90 Å². The number of nitrogens with two attached hydrogens (primary N) is 1. The summed E-state index contributed by atoms with van der Waals surface area (Å²) in [7, 11) is 0. The molecule has 0 spiro atoms. The van der Waals surface area contributed by atoms with E-state index in [1.165, 1.54) is 116 Å². The molecule has 2 N–H and O–H groups in total. The lowest BCUT2D eigenvalue weighted by molar-refractivity contribution is -0.807. The number of hydrogen-bond acceptors (Lipinski definition) is 4. The molecule has 2 unspecified atom stereocenters. The Hall–Kier alpha value is -1.46. The van der Waals surface area contributed by atoms with Crippen LogP contribution in [0, 0.1) is 0 Å². The van der Waals surface area contributed by atoms with Crippen molar-refractivity contribution in [3.8, 4) is 0 Å². The van der Waals surface area contributed by atoms with Gasteiger partial charge in [-0.1, -0.05) is 128 Å². The predicted molar refractivity (Wildman–Crippen MR) is 148 cm³/mol. The second kappa shape index (κ2) is 20.7. The molecule has 0 radical (unpaired) electrons. The molecule has 5 nitrogen and oxygen atoms in total. The van der Waals surface area contributed by atoms with Crippen molar-refractivity contribution >= 4 is 11.8 Å². The first-order valence-corrected chi connectivity index (χ1v) is 14.8. The third-order valence-electron chi connectivity index (χ3n) is 7.35. The van der Waals surface area contributed by atoms with Gasteiger partial charge in [0.1, 0.15) is 18.9 Å². The van der Waals surface area contributed by atoms with Crippen LogP contribution in [0.5, 0.6) is 0 Å². The fraction of sp³-hybridized carbons (Fsp3) is 0.800. The summed E-state index contributed by atoms with van der Waals surface area (Å²) in [4.78, 5) is 15.6. The number of unbranched alkanes of at least 4 members (excludes halogenated alkanes) is 18. The molecule has 1 aliphatic rings. The Labute approximate surface area is 216 Å². The van der Waals surface area contributed by atoms with Crippen molar-refractivity contribution in [3.63, 3.8) is 0 Å². The van der Waals surface area contributed by atoms with Crippen LogP contribution in [0.3, 0.4) is 0 Å². The number of nitrogens with zero attached hydrogens (tertiary/aromatic N) is 2. The van der Waals surface area contributed by atoms with Gasteiger partial charge in [-0.3, -0.25) is 5.73 Å². The molecule has 0 fully saturated rings. The van der Waals surface area contributed by atoms with Crippen molar-refractivity contribution in [2.75, 3.05) is 6.54 Å². The summed E-state index contributed by atoms with van der Waals surface area (Å²) in [5.41, 5.74) is 6.08. The summed E-state index contributed by atoms with van der Waals surface area (Å²) in [6.07, 6.45) is 34.2. The van der Waals surface area contributed by atoms with Crippen molar-refractivity contribution in [2.45, 2.75) is 148 Å². The summed E-state index contributed by atoms with van der Waals surface area (Å²) in [5, 5.41) is 11.2. The molecule has 0 aromatic carbocycles. The van der Waals surface area contributed by atoms with Crippen LogP contribution in [-0.2, 0) is 4.79 Å². The number of allylic oxidation sites excluding steroid dienone is 1. The standard InChI is InChI=1S/C30H55N3O2/c1-3-4-5-6-7-8-9-10-11-12-13-14-15-16-17-18-19-20-21-22-23-24-29-32-25-26-33(29,28(2)31)27-30(34)35/h22-23,25-26,28H,3-21,24,27,31H2,1-2H3/b23-22+. The highest BCUT2D eigenvalue weighted by atomic mass is 16.4. The van der Waals surface area contributed by atoms with E-state index in [2.05, 4.69) is 24.1 Å². The van der Waals surface area contributed by atoms with Crippen LogP contribution in [0.4, 0.5) is 0 Å². The largest absolute Gasteiger partial charge is 0.544 e. The number of quaternary nitrogens is 1. The first-order chi connectivity index (χ1) is 17.0. The molecule has 2 atom stereocenters. The number of hydrogen-bond donors (Lipinski definition) is 1. The van der Waals surface area contributed by atoms with Gasteiger partial charge in [0.15, 0.2) is 0 Å². The van der Waals surface area contributed by atoms with Gasteiger partial charge in [0, 0.05) is 6.92 Å². The molecule has 5 heteroatoms. The number of carbonyl (C=O) groups is 1.